The van der Waals surface area contributed by atoms with Gasteiger partial charge >= 0.3 is 6.09 Å². The number of hydrogen-bond acceptors (Lipinski definition) is 5. The van der Waals surface area contributed by atoms with Crippen molar-refractivity contribution >= 4 is 27.1 Å². The number of carbonyl (C=O) groups is 1. The molecule has 0 aliphatic heterocycles. The van der Waals surface area contributed by atoms with Crippen LogP contribution in [0, 0.1) is 0 Å². The molecule has 0 saturated carbocycles. The molecular formula is C14H17NO6S. The molecule has 22 heavy (non-hydrogen) atoms. The molecule has 2 rings (SSSR count). The van der Waals surface area contributed by atoms with Crippen LogP contribution in [0.1, 0.15) is 12.5 Å². The predicted octanol–water partition coefficient (Wildman–Crippen LogP) is 2.08. The second kappa shape index (κ2) is 5.98. The van der Waals surface area contributed by atoms with E-state index >= 15 is 0 Å². The molecule has 1 aromatic carbocycles. The zero-order chi connectivity index (χ0) is 16.5. The average Bonchev–Trinajstić information content (AvgIpc) is 2.74. The summed E-state index contributed by atoms with van der Waals surface area (Å²) in [5.74, 6) is 0.542. The van der Waals surface area contributed by atoms with E-state index in [0.29, 0.717) is 22.2 Å². The number of aromatic nitrogens is 1. The summed E-state index contributed by atoms with van der Waals surface area (Å²) in [7, 11) is -2.06. The van der Waals surface area contributed by atoms with Crippen molar-refractivity contribution in [2.75, 3.05) is 13.4 Å². The number of fused-ring (bicyclic) bond motifs is 1. The summed E-state index contributed by atoms with van der Waals surface area (Å²) in [6, 6.07) is 5.09. The van der Waals surface area contributed by atoms with Crippen LogP contribution in [0.3, 0.4) is 0 Å². The molecular weight excluding hydrogens is 310 g/mol. The fourth-order valence-corrected chi connectivity index (χ4v) is 3.03. The molecule has 0 spiro atoms. The summed E-state index contributed by atoms with van der Waals surface area (Å²) in [4.78, 5) is 11.3. The fraction of sp³-hybridized carbons (Fsp3) is 0.357. The summed E-state index contributed by atoms with van der Waals surface area (Å²) in [6.45, 7) is 1.62. The standard InChI is InChI=1S/C14H17NO6S/c1-9(21-22(3,18)19)6-10-8-15(14(16)17)13-7-11(20-2)4-5-12(10)13/h4-5,7-9H,6H2,1-3H3,(H,16,17). The van der Waals surface area contributed by atoms with Gasteiger partial charge in [0.05, 0.1) is 25.0 Å². The maximum absolute atomic E-state index is 11.3. The summed E-state index contributed by atoms with van der Waals surface area (Å²) in [5.41, 5.74) is 1.17. The van der Waals surface area contributed by atoms with Crippen molar-refractivity contribution < 1.29 is 27.2 Å². The highest BCUT2D eigenvalue weighted by molar-refractivity contribution is 7.86. The molecule has 0 amide bonds. The Morgan fingerprint density at radius 1 is 1.41 bits per heavy atom. The number of benzene rings is 1. The van der Waals surface area contributed by atoms with E-state index in [1.165, 1.54) is 13.3 Å². The lowest BCUT2D eigenvalue weighted by Crippen LogP contribution is -2.16. The van der Waals surface area contributed by atoms with E-state index < -0.39 is 22.3 Å². The fourth-order valence-electron chi connectivity index (χ4n) is 2.37. The second-order valence-corrected chi connectivity index (χ2v) is 6.61. The van der Waals surface area contributed by atoms with Crippen LogP contribution < -0.4 is 4.74 Å². The van der Waals surface area contributed by atoms with E-state index in [0.717, 1.165) is 10.8 Å². The Balaban J connectivity index is 2.44. The third kappa shape index (κ3) is 3.58. The Morgan fingerprint density at radius 3 is 2.64 bits per heavy atom. The summed E-state index contributed by atoms with van der Waals surface area (Å²) in [6.07, 6.45) is 1.01. The van der Waals surface area contributed by atoms with E-state index in [-0.39, 0.29) is 6.42 Å². The van der Waals surface area contributed by atoms with Crippen molar-refractivity contribution in [2.45, 2.75) is 19.4 Å². The normalized spacial score (nSPS) is 13.2. The Labute approximate surface area is 128 Å². The smallest absolute Gasteiger partial charge is 0.416 e. The molecule has 1 N–H and O–H groups in total. The first-order valence-corrected chi connectivity index (χ1v) is 8.32. The van der Waals surface area contributed by atoms with Gasteiger partial charge in [-0.1, -0.05) is 0 Å². The van der Waals surface area contributed by atoms with Crippen molar-refractivity contribution in [3.05, 3.63) is 30.0 Å². The van der Waals surface area contributed by atoms with Crippen LogP contribution in [-0.2, 0) is 20.7 Å². The summed E-state index contributed by atoms with van der Waals surface area (Å²) < 4.78 is 33.4. The zero-order valence-electron chi connectivity index (χ0n) is 12.4. The number of nitrogens with zero attached hydrogens (tertiary/aromatic N) is 1. The van der Waals surface area contributed by atoms with Crippen LogP contribution in [-0.4, -0.2) is 43.7 Å². The molecule has 1 aromatic heterocycles. The largest absolute Gasteiger partial charge is 0.497 e. The number of methoxy groups -OCH3 is 1. The minimum atomic E-state index is -3.56. The lowest BCUT2D eigenvalue weighted by molar-refractivity contribution is 0.197. The van der Waals surface area contributed by atoms with Crippen LogP contribution in [0.25, 0.3) is 10.9 Å². The van der Waals surface area contributed by atoms with Crippen molar-refractivity contribution in [2.24, 2.45) is 0 Å². The SMILES string of the molecule is COc1ccc2c(CC(C)OS(C)(=O)=O)cn(C(=O)O)c2c1. The molecule has 8 heteroatoms. The first kappa shape index (κ1) is 16.3. The lowest BCUT2D eigenvalue weighted by atomic mass is 10.1. The predicted molar refractivity (Wildman–Crippen MR) is 81.0 cm³/mol. The van der Waals surface area contributed by atoms with Gasteiger partial charge in [0.1, 0.15) is 5.75 Å². The van der Waals surface area contributed by atoms with Gasteiger partial charge in [0.15, 0.2) is 0 Å². The van der Waals surface area contributed by atoms with E-state index in [4.69, 9.17) is 8.92 Å². The zero-order valence-corrected chi connectivity index (χ0v) is 13.3. The van der Waals surface area contributed by atoms with Gasteiger partial charge in [0.25, 0.3) is 10.1 Å². The van der Waals surface area contributed by atoms with Crippen molar-refractivity contribution in [3.63, 3.8) is 0 Å². The molecule has 0 bridgehead atoms. The van der Waals surface area contributed by atoms with Crippen LogP contribution in [0.5, 0.6) is 5.75 Å². The van der Waals surface area contributed by atoms with E-state index in [2.05, 4.69) is 0 Å². The second-order valence-electron chi connectivity index (χ2n) is 5.01. The molecule has 120 valence electrons. The molecule has 1 unspecified atom stereocenters. The highest BCUT2D eigenvalue weighted by Gasteiger charge is 2.17. The highest BCUT2D eigenvalue weighted by atomic mass is 32.2. The number of rotatable bonds is 5. The minimum Gasteiger partial charge on any atom is -0.497 e. The van der Waals surface area contributed by atoms with E-state index in [1.54, 1.807) is 25.1 Å². The highest BCUT2D eigenvalue weighted by Crippen LogP contribution is 2.27. The number of ether oxygens (including phenoxy) is 1. The van der Waals surface area contributed by atoms with Gasteiger partial charge < -0.3 is 9.84 Å². The molecule has 7 nitrogen and oxygen atoms in total. The first-order chi connectivity index (χ1) is 10.2. The summed E-state index contributed by atoms with van der Waals surface area (Å²) in [5, 5.41) is 9.99. The van der Waals surface area contributed by atoms with Crippen molar-refractivity contribution in [3.8, 4) is 5.75 Å². The Morgan fingerprint density at radius 2 is 2.09 bits per heavy atom. The van der Waals surface area contributed by atoms with Gasteiger partial charge in [-0.05, 0) is 24.6 Å². The van der Waals surface area contributed by atoms with Gasteiger partial charge in [0, 0.05) is 24.1 Å². The van der Waals surface area contributed by atoms with Crippen molar-refractivity contribution in [1.29, 1.82) is 0 Å². The maximum atomic E-state index is 11.3. The summed E-state index contributed by atoms with van der Waals surface area (Å²) >= 11 is 0. The molecule has 0 saturated heterocycles. The Bertz CT molecular complexity index is 808. The molecule has 2 aromatic rings. The van der Waals surface area contributed by atoms with Gasteiger partial charge in [-0.25, -0.2) is 4.79 Å². The molecule has 0 aliphatic rings. The monoisotopic (exact) mass is 327 g/mol. The van der Waals surface area contributed by atoms with Crippen molar-refractivity contribution in [1.82, 2.24) is 4.57 Å². The van der Waals surface area contributed by atoms with Gasteiger partial charge in [-0.15, -0.1) is 0 Å². The van der Waals surface area contributed by atoms with Crippen LogP contribution in [0.15, 0.2) is 24.4 Å². The molecule has 1 heterocycles. The van der Waals surface area contributed by atoms with E-state index in [9.17, 15) is 18.3 Å². The van der Waals surface area contributed by atoms with Crippen LogP contribution >= 0.6 is 0 Å². The number of hydrogen-bond donors (Lipinski definition) is 1. The molecule has 0 aliphatic carbocycles. The van der Waals surface area contributed by atoms with Gasteiger partial charge in [0.2, 0.25) is 0 Å². The minimum absolute atomic E-state index is 0.274. The Kier molecular flexibility index (Phi) is 4.43. The topological polar surface area (TPSA) is 94.8 Å². The molecule has 1 atom stereocenters. The molecule has 0 fully saturated rings. The third-order valence-electron chi connectivity index (χ3n) is 3.15. The first-order valence-electron chi connectivity index (χ1n) is 6.51. The lowest BCUT2D eigenvalue weighted by Gasteiger charge is -2.10. The van der Waals surface area contributed by atoms with Gasteiger partial charge in [-0.2, -0.15) is 8.42 Å². The Hall–Kier alpha value is -2.06. The van der Waals surface area contributed by atoms with E-state index in [1.807, 2.05) is 0 Å². The quantitative estimate of drug-likeness (QED) is 0.845. The van der Waals surface area contributed by atoms with Crippen LogP contribution in [0.2, 0.25) is 0 Å². The number of carboxylic acid groups (broad SMARTS) is 1. The van der Waals surface area contributed by atoms with Gasteiger partial charge in [-0.3, -0.25) is 8.75 Å². The van der Waals surface area contributed by atoms with Crippen LogP contribution in [0.4, 0.5) is 4.79 Å². The molecule has 0 radical (unpaired) electrons. The third-order valence-corrected chi connectivity index (χ3v) is 3.83. The average molecular weight is 327 g/mol. The maximum Gasteiger partial charge on any atom is 0.416 e.